The van der Waals surface area contributed by atoms with Crippen LogP contribution in [0.4, 0.5) is 9.93 Å². The first kappa shape index (κ1) is 16.6. The van der Waals surface area contributed by atoms with Gasteiger partial charge in [0.15, 0.2) is 0 Å². The molecule has 1 aliphatic heterocycles. The zero-order chi connectivity index (χ0) is 16.2. The highest BCUT2D eigenvalue weighted by molar-refractivity contribution is 7.15. The summed E-state index contributed by atoms with van der Waals surface area (Å²) in [6.07, 6.45) is 2.38. The highest BCUT2D eigenvalue weighted by atomic mass is 32.1. The van der Waals surface area contributed by atoms with Crippen molar-refractivity contribution in [2.24, 2.45) is 5.92 Å². The van der Waals surface area contributed by atoms with Gasteiger partial charge in [0.1, 0.15) is 5.01 Å². The zero-order valence-electron chi connectivity index (χ0n) is 13.7. The fourth-order valence-corrected chi connectivity index (χ4v) is 3.72. The number of nitrogens with zero attached hydrogens (tertiary/aromatic N) is 3. The minimum absolute atomic E-state index is 0.206. The van der Waals surface area contributed by atoms with Gasteiger partial charge in [-0.3, -0.25) is 10.2 Å². The standard InChI is InChI=1S/C15H25N5O2S/c1-10(2)12(20-5-7-22-8-6-20)9-16-14(21)17-15-19-18-13(23-15)11-3-4-11/h10-12H,3-9H2,1-2H3,(H2,16,17,19,21). The lowest BCUT2D eigenvalue weighted by Crippen LogP contribution is -2.51. The van der Waals surface area contributed by atoms with Gasteiger partial charge in [-0.25, -0.2) is 4.79 Å². The average Bonchev–Trinajstić information content (AvgIpc) is 3.29. The summed E-state index contributed by atoms with van der Waals surface area (Å²) in [4.78, 5) is 14.5. The van der Waals surface area contributed by atoms with Gasteiger partial charge in [-0.2, -0.15) is 0 Å². The minimum Gasteiger partial charge on any atom is -0.379 e. The minimum atomic E-state index is -0.206. The number of aromatic nitrogens is 2. The molecule has 1 aromatic rings. The molecule has 23 heavy (non-hydrogen) atoms. The second kappa shape index (κ2) is 7.55. The topological polar surface area (TPSA) is 79.4 Å². The van der Waals surface area contributed by atoms with Gasteiger partial charge in [-0.15, -0.1) is 10.2 Å². The van der Waals surface area contributed by atoms with Crippen LogP contribution in [0.5, 0.6) is 0 Å². The number of morpholine rings is 1. The van der Waals surface area contributed by atoms with E-state index in [1.54, 1.807) is 0 Å². The van der Waals surface area contributed by atoms with E-state index in [0.29, 0.717) is 29.6 Å². The highest BCUT2D eigenvalue weighted by Crippen LogP contribution is 2.41. The van der Waals surface area contributed by atoms with Crippen molar-refractivity contribution in [3.8, 4) is 0 Å². The molecule has 1 aromatic heterocycles. The first-order valence-corrected chi connectivity index (χ1v) is 9.15. The number of anilines is 1. The predicted molar refractivity (Wildman–Crippen MR) is 89.9 cm³/mol. The number of hydrogen-bond acceptors (Lipinski definition) is 6. The SMILES string of the molecule is CC(C)C(CNC(=O)Nc1nnc(C2CC2)s1)N1CCOCC1. The average molecular weight is 339 g/mol. The van der Waals surface area contributed by atoms with Crippen molar-refractivity contribution in [2.45, 2.75) is 38.6 Å². The van der Waals surface area contributed by atoms with Gasteiger partial charge in [-0.1, -0.05) is 25.2 Å². The molecule has 2 heterocycles. The molecule has 1 aliphatic carbocycles. The Hall–Kier alpha value is -1.25. The van der Waals surface area contributed by atoms with Crippen LogP contribution < -0.4 is 10.6 Å². The normalized spacial score (nSPS) is 20.5. The summed E-state index contributed by atoms with van der Waals surface area (Å²) in [5.41, 5.74) is 0. The molecule has 2 N–H and O–H groups in total. The van der Waals surface area contributed by atoms with Crippen LogP contribution in [0, 0.1) is 5.92 Å². The summed E-state index contributed by atoms with van der Waals surface area (Å²) in [6.45, 7) is 8.38. The van der Waals surface area contributed by atoms with Crippen LogP contribution in [0.2, 0.25) is 0 Å². The van der Waals surface area contributed by atoms with E-state index >= 15 is 0 Å². The van der Waals surface area contributed by atoms with Crippen LogP contribution in [0.25, 0.3) is 0 Å². The number of hydrogen-bond donors (Lipinski definition) is 2. The van der Waals surface area contributed by atoms with E-state index in [1.165, 1.54) is 24.2 Å². The maximum Gasteiger partial charge on any atom is 0.321 e. The molecule has 3 rings (SSSR count). The number of ether oxygens (including phenoxy) is 1. The Morgan fingerprint density at radius 3 is 2.74 bits per heavy atom. The van der Waals surface area contributed by atoms with Crippen molar-refractivity contribution < 1.29 is 9.53 Å². The van der Waals surface area contributed by atoms with Gasteiger partial charge in [0.05, 0.1) is 13.2 Å². The molecule has 1 saturated heterocycles. The molecule has 7 nitrogen and oxygen atoms in total. The van der Waals surface area contributed by atoms with E-state index in [-0.39, 0.29) is 6.03 Å². The maximum atomic E-state index is 12.1. The second-order valence-corrected chi connectivity index (χ2v) is 7.52. The third kappa shape index (κ3) is 4.62. The van der Waals surface area contributed by atoms with Crippen LogP contribution in [0.1, 0.15) is 37.6 Å². The third-order valence-corrected chi connectivity index (χ3v) is 5.34. The molecule has 2 aliphatic rings. The predicted octanol–water partition coefficient (Wildman–Crippen LogP) is 1.89. The van der Waals surface area contributed by atoms with E-state index < -0.39 is 0 Å². The molecular weight excluding hydrogens is 314 g/mol. The van der Waals surface area contributed by atoms with Gasteiger partial charge >= 0.3 is 6.03 Å². The highest BCUT2D eigenvalue weighted by Gasteiger charge is 2.28. The van der Waals surface area contributed by atoms with E-state index in [1.807, 2.05) is 0 Å². The van der Waals surface area contributed by atoms with E-state index in [2.05, 4.69) is 39.6 Å². The largest absolute Gasteiger partial charge is 0.379 e. The first-order chi connectivity index (χ1) is 11.1. The maximum absolute atomic E-state index is 12.1. The molecule has 8 heteroatoms. The van der Waals surface area contributed by atoms with Crippen molar-refractivity contribution >= 4 is 22.5 Å². The molecule has 0 radical (unpaired) electrons. The van der Waals surface area contributed by atoms with Crippen LogP contribution in [0.15, 0.2) is 0 Å². The summed E-state index contributed by atoms with van der Waals surface area (Å²) in [7, 11) is 0. The quantitative estimate of drug-likeness (QED) is 0.827. The molecule has 1 saturated carbocycles. The Bertz CT molecular complexity index is 526. The monoisotopic (exact) mass is 339 g/mol. The van der Waals surface area contributed by atoms with Crippen LogP contribution >= 0.6 is 11.3 Å². The number of carbonyl (C=O) groups is 1. The third-order valence-electron chi connectivity index (χ3n) is 4.34. The number of rotatable bonds is 6. The van der Waals surface area contributed by atoms with Crippen molar-refractivity contribution in [1.29, 1.82) is 0 Å². The van der Waals surface area contributed by atoms with Crippen molar-refractivity contribution in [3.05, 3.63) is 5.01 Å². The van der Waals surface area contributed by atoms with Gasteiger partial charge in [0.2, 0.25) is 5.13 Å². The fourth-order valence-electron chi connectivity index (χ4n) is 2.81. The van der Waals surface area contributed by atoms with Gasteiger partial charge < -0.3 is 10.1 Å². The van der Waals surface area contributed by atoms with Crippen molar-refractivity contribution in [3.63, 3.8) is 0 Å². The Labute approximate surface area is 140 Å². The van der Waals surface area contributed by atoms with E-state index in [0.717, 1.165) is 31.3 Å². The van der Waals surface area contributed by atoms with E-state index in [9.17, 15) is 4.79 Å². The molecule has 0 aromatic carbocycles. The van der Waals surface area contributed by atoms with Gasteiger partial charge in [0.25, 0.3) is 0 Å². The van der Waals surface area contributed by atoms with Gasteiger partial charge in [-0.05, 0) is 18.8 Å². The summed E-state index contributed by atoms with van der Waals surface area (Å²) in [5.74, 6) is 1.04. The Morgan fingerprint density at radius 1 is 1.35 bits per heavy atom. The summed E-state index contributed by atoms with van der Waals surface area (Å²) in [6, 6.07) is 0.114. The number of carbonyl (C=O) groups excluding carboxylic acids is 1. The number of urea groups is 1. The molecule has 1 atom stereocenters. The van der Waals surface area contributed by atoms with Crippen LogP contribution in [0.3, 0.4) is 0 Å². The Balaban J connectivity index is 1.47. The van der Waals surface area contributed by atoms with Gasteiger partial charge in [0, 0.05) is 31.6 Å². The Morgan fingerprint density at radius 2 is 2.09 bits per heavy atom. The van der Waals surface area contributed by atoms with Crippen molar-refractivity contribution in [1.82, 2.24) is 20.4 Å². The van der Waals surface area contributed by atoms with Crippen LogP contribution in [-0.4, -0.2) is 60.0 Å². The van der Waals surface area contributed by atoms with Crippen LogP contribution in [-0.2, 0) is 4.74 Å². The smallest absolute Gasteiger partial charge is 0.321 e. The molecule has 0 bridgehead atoms. The van der Waals surface area contributed by atoms with Crippen molar-refractivity contribution in [2.75, 3.05) is 38.2 Å². The molecule has 2 amide bonds. The molecule has 128 valence electrons. The fraction of sp³-hybridized carbons (Fsp3) is 0.800. The molecule has 1 unspecified atom stereocenters. The lowest BCUT2D eigenvalue weighted by Gasteiger charge is -2.36. The second-order valence-electron chi connectivity index (χ2n) is 6.51. The zero-order valence-corrected chi connectivity index (χ0v) is 14.6. The Kier molecular flexibility index (Phi) is 5.45. The molecular formula is C15H25N5O2S. The molecule has 2 fully saturated rings. The van der Waals surface area contributed by atoms with E-state index in [4.69, 9.17) is 4.74 Å². The number of amides is 2. The lowest BCUT2D eigenvalue weighted by molar-refractivity contribution is 0.00728. The molecule has 0 spiro atoms. The summed E-state index contributed by atoms with van der Waals surface area (Å²) >= 11 is 1.48. The number of nitrogens with one attached hydrogen (secondary N) is 2. The summed E-state index contributed by atoms with van der Waals surface area (Å²) in [5, 5.41) is 15.6. The summed E-state index contributed by atoms with van der Waals surface area (Å²) < 4.78 is 5.41. The first-order valence-electron chi connectivity index (χ1n) is 8.33. The lowest BCUT2D eigenvalue weighted by atomic mass is 10.0.